The summed E-state index contributed by atoms with van der Waals surface area (Å²) >= 11 is 1.12. The number of nitrogens with one attached hydrogen (secondary N) is 1. The van der Waals surface area contributed by atoms with Crippen LogP contribution >= 0.6 is 11.8 Å². The lowest BCUT2D eigenvalue weighted by Crippen LogP contribution is -2.31. The number of ether oxygens (including phenoxy) is 2. The van der Waals surface area contributed by atoms with Crippen molar-refractivity contribution in [2.24, 2.45) is 4.99 Å². The molecule has 2 aliphatic rings. The van der Waals surface area contributed by atoms with Gasteiger partial charge in [0, 0.05) is 23.4 Å². The third-order valence-electron chi connectivity index (χ3n) is 6.79. The van der Waals surface area contributed by atoms with E-state index in [0.717, 1.165) is 52.5 Å². The number of likely N-dealkylation sites (tertiary alicyclic amines) is 1. The van der Waals surface area contributed by atoms with Gasteiger partial charge in [0.05, 0.1) is 23.6 Å². The largest absolute Gasteiger partial charge is 0.493 e. The van der Waals surface area contributed by atoms with E-state index in [1.54, 1.807) is 19.2 Å². The molecule has 3 aromatic rings. The van der Waals surface area contributed by atoms with Gasteiger partial charge in [-0.15, -0.1) is 0 Å². The lowest BCUT2D eigenvalue weighted by atomic mass is 10.0. The maximum absolute atomic E-state index is 12.1. The highest BCUT2D eigenvalue weighted by Crippen LogP contribution is 2.38. The number of fused-ring (bicyclic) bond motifs is 1. The number of nitrogens with zero attached hydrogens (tertiary/aromatic N) is 3. The van der Waals surface area contributed by atoms with Crippen molar-refractivity contribution in [3.63, 3.8) is 0 Å². The molecule has 5 rings (SSSR count). The van der Waals surface area contributed by atoms with E-state index in [1.807, 2.05) is 48.5 Å². The number of carbonyl (C=O) groups excluding carboxylic acids is 1. The Morgan fingerprint density at radius 3 is 2.73 bits per heavy atom. The van der Waals surface area contributed by atoms with Gasteiger partial charge >= 0.3 is 5.24 Å². The second-order valence-electron chi connectivity index (χ2n) is 9.11. The number of hydrogen-bond donors (Lipinski definition) is 1. The summed E-state index contributed by atoms with van der Waals surface area (Å²) in [5.41, 5.74) is 1.47. The standard InChI is InChI=1S/C29H28N4O3S/c1-33-15-5-6-21(33)13-14-31-28-27(37-29(34)32-28)17-19-9-11-25(26(16-19)35-2)36-24-12-10-20(18-30)22-7-3-4-8-23(22)24/h3-4,7-12,16-17,21H,5-6,13-15H2,1-2H3,(H,31,32,34). The molecule has 1 N–H and O–H groups in total. The lowest BCUT2D eigenvalue weighted by Gasteiger charge is -2.19. The average molecular weight is 513 g/mol. The predicted octanol–water partition coefficient (Wildman–Crippen LogP) is 6.19. The Morgan fingerprint density at radius 1 is 1.16 bits per heavy atom. The number of amidine groups is 1. The zero-order valence-electron chi connectivity index (χ0n) is 20.9. The molecule has 1 atom stereocenters. The lowest BCUT2D eigenvalue weighted by molar-refractivity contribution is 0.268. The number of hydrogen-bond acceptors (Lipinski definition) is 7. The van der Waals surface area contributed by atoms with Crippen LogP contribution in [0.25, 0.3) is 16.8 Å². The van der Waals surface area contributed by atoms with Gasteiger partial charge in [-0.3, -0.25) is 4.79 Å². The van der Waals surface area contributed by atoms with Gasteiger partial charge in [-0.1, -0.05) is 30.3 Å². The molecule has 0 aromatic heterocycles. The molecule has 2 heterocycles. The molecule has 2 aliphatic heterocycles. The number of aliphatic imine (C=N–C) groups is 1. The van der Waals surface area contributed by atoms with Crippen LogP contribution in [0.3, 0.4) is 0 Å². The van der Waals surface area contributed by atoms with E-state index in [0.29, 0.717) is 34.7 Å². The number of nitriles is 1. The summed E-state index contributed by atoms with van der Waals surface area (Å²) in [6.45, 7) is 1.92. The summed E-state index contributed by atoms with van der Waals surface area (Å²) in [6, 6.07) is 19.7. The predicted molar refractivity (Wildman–Crippen MR) is 148 cm³/mol. The normalized spacial score (nSPS) is 18.7. The quantitative estimate of drug-likeness (QED) is 0.404. The van der Waals surface area contributed by atoms with Gasteiger partial charge in [-0.05, 0) is 80.5 Å². The van der Waals surface area contributed by atoms with Crippen LogP contribution in [0.1, 0.15) is 30.4 Å². The molecule has 1 saturated heterocycles. The molecule has 0 saturated carbocycles. The number of rotatable bonds is 7. The second-order valence-corrected chi connectivity index (χ2v) is 10.1. The topological polar surface area (TPSA) is 86.9 Å². The number of methoxy groups -OCH3 is 1. The van der Waals surface area contributed by atoms with Gasteiger partial charge in [0.1, 0.15) is 11.6 Å². The molecule has 1 unspecified atom stereocenters. The molecule has 3 aromatic carbocycles. The van der Waals surface area contributed by atoms with Crippen molar-refractivity contribution in [3.05, 3.63) is 70.6 Å². The van der Waals surface area contributed by atoms with Gasteiger partial charge in [0.15, 0.2) is 11.5 Å². The monoisotopic (exact) mass is 512 g/mol. The van der Waals surface area contributed by atoms with E-state index in [9.17, 15) is 10.1 Å². The van der Waals surface area contributed by atoms with Crippen molar-refractivity contribution in [1.29, 1.82) is 5.26 Å². The zero-order valence-corrected chi connectivity index (χ0v) is 21.7. The number of carbonyl (C=O) groups is 1. The van der Waals surface area contributed by atoms with Crippen molar-refractivity contribution < 1.29 is 14.3 Å². The highest BCUT2D eigenvalue weighted by atomic mass is 32.2. The molecular weight excluding hydrogens is 484 g/mol. The zero-order chi connectivity index (χ0) is 25.8. The Balaban J connectivity index is 1.34. The van der Waals surface area contributed by atoms with Gasteiger partial charge in [0.25, 0.3) is 0 Å². The smallest absolute Gasteiger partial charge is 0.311 e. The van der Waals surface area contributed by atoms with Gasteiger partial charge in [-0.25, -0.2) is 0 Å². The summed E-state index contributed by atoms with van der Waals surface area (Å²) in [5.74, 6) is 2.39. The first-order valence-corrected chi connectivity index (χ1v) is 13.1. The summed E-state index contributed by atoms with van der Waals surface area (Å²) in [5, 5.41) is 14.3. The first-order chi connectivity index (χ1) is 18.1. The summed E-state index contributed by atoms with van der Waals surface area (Å²) in [7, 11) is 3.76. The van der Waals surface area contributed by atoms with E-state index in [1.165, 1.54) is 12.8 Å². The molecule has 188 valence electrons. The van der Waals surface area contributed by atoms with Crippen LogP contribution < -0.4 is 14.8 Å². The number of thioether (sulfide) groups is 1. The average Bonchev–Trinajstić information content (AvgIpc) is 3.48. The van der Waals surface area contributed by atoms with E-state index >= 15 is 0 Å². The molecule has 0 bridgehead atoms. The molecular formula is C29H28N4O3S. The molecule has 1 fully saturated rings. The van der Waals surface area contributed by atoms with E-state index in [-0.39, 0.29) is 5.24 Å². The number of amides is 1. The number of benzene rings is 3. The van der Waals surface area contributed by atoms with E-state index in [2.05, 4.69) is 28.3 Å². The SMILES string of the molecule is COc1cc(C=C2SC(=O)N=C2NCCC2CCCN2C)ccc1Oc1ccc(C#N)c2ccccc12. The van der Waals surface area contributed by atoms with Crippen molar-refractivity contribution in [3.8, 4) is 23.3 Å². The summed E-state index contributed by atoms with van der Waals surface area (Å²) in [4.78, 5) is 19.4. The minimum Gasteiger partial charge on any atom is -0.493 e. The molecule has 1 amide bonds. The van der Waals surface area contributed by atoms with Crippen LogP contribution in [0.2, 0.25) is 0 Å². The maximum Gasteiger partial charge on any atom is 0.311 e. The first kappa shape index (κ1) is 24.9. The molecule has 0 radical (unpaired) electrons. The second kappa shape index (κ2) is 11.1. The fourth-order valence-corrected chi connectivity index (χ4v) is 5.56. The highest BCUT2D eigenvalue weighted by molar-refractivity contribution is 8.18. The van der Waals surface area contributed by atoms with Crippen molar-refractivity contribution >= 4 is 39.7 Å². The molecule has 7 nitrogen and oxygen atoms in total. The van der Waals surface area contributed by atoms with Crippen molar-refractivity contribution in [2.75, 3.05) is 27.2 Å². The molecule has 0 aliphatic carbocycles. The van der Waals surface area contributed by atoms with Crippen LogP contribution in [0.5, 0.6) is 17.2 Å². The minimum absolute atomic E-state index is 0.216. The van der Waals surface area contributed by atoms with E-state index < -0.39 is 0 Å². The van der Waals surface area contributed by atoms with Crippen LogP contribution in [0, 0.1) is 11.3 Å². The Bertz CT molecular complexity index is 1440. The van der Waals surface area contributed by atoms with Crippen LogP contribution in [0.4, 0.5) is 4.79 Å². The summed E-state index contributed by atoms with van der Waals surface area (Å²) in [6.07, 6.45) is 5.41. The Labute approximate surface area is 220 Å². The van der Waals surface area contributed by atoms with Gasteiger partial charge in [0.2, 0.25) is 0 Å². The fraction of sp³-hybridized carbons (Fsp3) is 0.276. The first-order valence-electron chi connectivity index (χ1n) is 12.3. The van der Waals surface area contributed by atoms with E-state index in [4.69, 9.17) is 9.47 Å². The maximum atomic E-state index is 12.1. The molecule has 8 heteroatoms. The van der Waals surface area contributed by atoms with Crippen LogP contribution in [0.15, 0.2) is 64.5 Å². The highest BCUT2D eigenvalue weighted by Gasteiger charge is 2.24. The molecule has 37 heavy (non-hydrogen) atoms. The van der Waals surface area contributed by atoms with Crippen molar-refractivity contribution in [2.45, 2.75) is 25.3 Å². The summed E-state index contributed by atoms with van der Waals surface area (Å²) < 4.78 is 11.9. The Morgan fingerprint density at radius 2 is 1.97 bits per heavy atom. The fourth-order valence-electron chi connectivity index (χ4n) is 4.82. The van der Waals surface area contributed by atoms with Crippen molar-refractivity contribution in [1.82, 2.24) is 10.2 Å². The Kier molecular flexibility index (Phi) is 7.45. The van der Waals surface area contributed by atoms with Crippen LogP contribution in [-0.2, 0) is 0 Å². The third-order valence-corrected chi connectivity index (χ3v) is 7.58. The van der Waals surface area contributed by atoms with Crippen LogP contribution in [-0.4, -0.2) is 49.3 Å². The Hall–Kier alpha value is -3.80. The minimum atomic E-state index is -0.216. The third kappa shape index (κ3) is 5.48. The molecule has 0 spiro atoms. The van der Waals surface area contributed by atoms with Gasteiger partial charge < -0.3 is 19.7 Å². The van der Waals surface area contributed by atoms with Gasteiger partial charge in [-0.2, -0.15) is 10.3 Å².